The topological polar surface area (TPSA) is 77.8 Å². The Bertz CT molecular complexity index is 623. The van der Waals surface area contributed by atoms with E-state index in [4.69, 9.17) is 11.5 Å². The summed E-state index contributed by atoms with van der Waals surface area (Å²) in [5, 5.41) is 7.54. The standard InChI is InChI=1S/C12H11F3N4/c1-6-4-10(17)18-19-11(6)8-3-2-7(5-9(8)16)12(13,14)15/h2-5H,16H2,1H3,(H2,17,18). The van der Waals surface area contributed by atoms with Crippen molar-refractivity contribution in [2.75, 3.05) is 11.5 Å². The molecule has 1 aromatic heterocycles. The van der Waals surface area contributed by atoms with Crippen LogP contribution in [0.1, 0.15) is 11.1 Å². The lowest BCUT2D eigenvalue weighted by atomic mass is 10.0. The Hall–Kier alpha value is -2.31. The summed E-state index contributed by atoms with van der Waals surface area (Å²) < 4.78 is 37.6. The molecule has 0 aliphatic rings. The van der Waals surface area contributed by atoms with Crippen LogP contribution >= 0.6 is 0 Å². The van der Waals surface area contributed by atoms with E-state index in [2.05, 4.69) is 10.2 Å². The maximum absolute atomic E-state index is 12.5. The Morgan fingerprint density at radius 1 is 1.05 bits per heavy atom. The molecule has 4 nitrogen and oxygen atoms in total. The van der Waals surface area contributed by atoms with Crippen LogP contribution in [-0.2, 0) is 6.18 Å². The summed E-state index contributed by atoms with van der Waals surface area (Å²) in [7, 11) is 0. The van der Waals surface area contributed by atoms with Gasteiger partial charge in [-0.15, -0.1) is 10.2 Å². The highest BCUT2D eigenvalue weighted by Crippen LogP contribution is 2.34. The lowest BCUT2D eigenvalue weighted by molar-refractivity contribution is -0.137. The van der Waals surface area contributed by atoms with Crippen LogP contribution in [0.3, 0.4) is 0 Å². The van der Waals surface area contributed by atoms with E-state index in [1.807, 2.05) is 0 Å². The van der Waals surface area contributed by atoms with Crippen molar-refractivity contribution in [1.29, 1.82) is 0 Å². The number of alkyl halides is 3. The Labute approximate surface area is 107 Å². The van der Waals surface area contributed by atoms with E-state index in [1.165, 1.54) is 6.07 Å². The molecule has 0 spiro atoms. The number of aryl methyl sites for hydroxylation is 1. The average Bonchev–Trinajstić information content (AvgIpc) is 2.28. The average molecular weight is 268 g/mol. The van der Waals surface area contributed by atoms with Crippen molar-refractivity contribution in [3.05, 3.63) is 35.4 Å². The zero-order chi connectivity index (χ0) is 14.2. The second-order valence-electron chi connectivity index (χ2n) is 4.10. The molecule has 4 N–H and O–H groups in total. The summed E-state index contributed by atoms with van der Waals surface area (Å²) in [6.07, 6.45) is -4.42. The number of nitrogen functional groups attached to an aromatic ring is 2. The lowest BCUT2D eigenvalue weighted by Crippen LogP contribution is -2.06. The quantitative estimate of drug-likeness (QED) is 0.779. The van der Waals surface area contributed by atoms with E-state index in [-0.39, 0.29) is 11.5 Å². The van der Waals surface area contributed by atoms with E-state index in [0.717, 1.165) is 12.1 Å². The second-order valence-corrected chi connectivity index (χ2v) is 4.10. The maximum atomic E-state index is 12.5. The molecule has 1 heterocycles. The van der Waals surface area contributed by atoms with Gasteiger partial charge in [0.25, 0.3) is 0 Å². The first-order valence-electron chi connectivity index (χ1n) is 5.36. The lowest BCUT2D eigenvalue weighted by Gasteiger charge is -2.11. The molecular weight excluding hydrogens is 257 g/mol. The number of hydrogen-bond acceptors (Lipinski definition) is 4. The van der Waals surface area contributed by atoms with Gasteiger partial charge < -0.3 is 11.5 Å². The van der Waals surface area contributed by atoms with Gasteiger partial charge >= 0.3 is 6.18 Å². The molecule has 0 saturated carbocycles. The summed E-state index contributed by atoms with van der Waals surface area (Å²) in [5.41, 5.74) is 11.8. The predicted octanol–water partition coefficient (Wildman–Crippen LogP) is 2.64. The van der Waals surface area contributed by atoms with Crippen LogP contribution in [0.4, 0.5) is 24.7 Å². The Kier molecular flexibility index (Phi) is 3.05. The molecule has 19 heavy (non-hydrogen) atoms. The Morgan fingerprint density at radius 3 is 2.26 bits per heavy atom. The number of nitrogens with zero attached hydrogens (tertiary/aromatic N) is 2. The Balaban J connectivity index is 2.52. The minimum Gasteiger partial charge on any atom is -0.398 e. The van der Waals surface area contributed by atoms with Crippen LogP contribution in [0, 0.1) is 6.92 Å². The molecule has 2 aromatic rings. The summed E-state index contributed by atoms with van der Waals surface area (Å²) in [4.78, 5) is 0. The molecule has 2 rings (SSSR count). The molecule has 0 fully saturated rings. The SMILES string of the molecule is Cc1cc(N)nnc1-c1ccc(C(F)(F)F)cc1N. The normalized spacial score (nSPS) is 11.6. The van der Waals surface area contributed by atoms with E-state index < -0.39 is 11.7 Å². The van der Waals surface area contributed by atoms with Crippen LogP contribution in [0.15, 0.2) is 24.3 Å². The van der Waals surface area contributed by atoms with Gasteiger partial charge in [0.05, 0.1) is 11.3 Å². The number of rotatable bonds is 1. The van der Waals surface area contributed by atoms with Gasteiger partial charge in [-0.05, 0) is 30.7 Å². The van der Waals surface area contributed by atoms with Gasteiger partial charge in [0.2, 0.25) is 0 Å². The van der Waals surface area contributed by atoms with E-state index in [0.29, 0.717) is 16.8 Å². The first-order valence-corrected chi connectivity index (χ1v) is 5.36. The molecule has 0 aliphatic carbocycles. The first kappa shape index (κ1) is 13.1. The third-order valence-corrected chi connectivity index (χ3v) is 2.64. The molecule has 100 valence electrons. The van der Waals surface area contributed by atoms with Crippen LogP contribution in [0.2, 0.25) is 0 Å². The van der Waals surface area contributed by atoms with Crippen molar-refractivity contribution in [2.45, 2.75) is 13.1 Å². The number of aromatic nitrogens is 2. The highest BCUT2D eigenvalue weighted by Gasteiger charge is 2.31. The van der Waals surface area contributed by atoms with Crippen molar-refractivity contribution >= 4 is 11.5 Å². The summed E-state index contributed by atoms with van der Waals surface area (Å²) in [6, 6.07) is 4.71. The fourth-order valence-corrected chi connectivity index (χ4v) is 1.73. The smallest absolute Gasteiger partial charge is 0.398 e. The van der Waals surface area contributed by atoms with Crippen molar-refractivity contribution in [1.82, 2.24) is 10.2 Å². The maximum Gasteiger partial charge on any atom is 0.416 e. The van der Waals surface area contributed by atoms with Gasteiger partial charge in [0.15, 0.2) is 0 Å². The van der Waals surface area contributed by atoms with Crippen LogP contribution in [0.25, 0.3) is 11.3 Å². The highest BCUT2D eigenvalue weighted by atomic mass is 19.4. The van der Waals surface area contributed by atoms with Crippen molar-refractivity contribution in [3.8, 4) is 11.3 Å². The molecule has 0 amide bonds. The molecule has 0 unspecified atom stereocenters. The molecule has 0 aliphatic heterocycles. The van der Waals surface area contributed by atoms with Crippen molar-refractivity contribution in [3.63, 3.8) is 0 Å². The summed E-state index contributed by atoms with van der Waals surface area (Å²) >= 11 is 0. The monoisotopic (exact) mass is 268 g/mol. The van der Waals surface area contributed by atoms with Crippen molar-refractivity contribution in [2.24, 2.45) is 0 Å². The molecule has 0 atom stereocenters. The zero-order valence-corrected chi connectivity index (χ0v) is 9.99. The van der Waals surface area contributed by atoms with E-state index in [9.17, 15) is 13.2 Å². The third-order valence-electron chi connectivity index (χ3n) is 2.64. The molecule has 0 saturated heterocycles. The van der Waals surface area contributed by atoms with Crippen LogP contribution in [0.5, 0.6) is 0 Å². The summed E-state index contributed by atoms with van der Waals surface area (Å²) in [6.45, 7) is 1.73. The van der Waals surface area contributed by atoms with E-state index in [1.54, 1.807) is 13.0 Å². The minimum atomic E-state index is -4.42. The highest BCUT2D eigenvalue weighted by molar-refractivity contribution is 5.76. The number of anilines is 2. The molecule has 1 aromatic carbocycles. The largest absolute Gasteiger partial charge is 0.416 e. The number of halogens is 3. The van der Waals surface area contributed by atoms with Crippen LogP contribution in [-0.4, -0.2) is 10.2 Å². The number of nitrogens with two attached hydrogens (primary N) is 2. The predicted molar refractivity (Wildman–Crippen MR) is 66.0 cm³/mol. The molecule has 0 bridgehead atoms. The fourth-order valence-electron chi connectivity index (χ4n) is 1.73. The zero-order valence-electron chi connectivity index (χ0n) is 9.99. The fraction of sp³-hybridized carbons (Fsp3) is 0.167. The first-order chi connectivity index (χ1) is 8.79. The van der Waals surface area contributed by atoms with Gasteiger partial charge in [0.1, 0.15) is 5.82 Å². The number of hydrogen-bond donors (Lipinski definition) is 2. The summed E-state index contributed by atoms with van der Waals surface area (Å²) in [5.74, 6) is 0.242. The van der Waals surface area contributed by atoms with Crippen LogP contribution < -0.4 is 11.5 Å². The Morgan fingerprint density at radius 2 is 1.74 bits per heavy atom. The number of benzene rings is 1. The van der Waals surface area contributed by atoms with Crippen molar-refractivity contribution < 1.29 is 13.2 Å². The van der Waals surface area contributed by atoms with Gasteiger partial charge in [-0.2, -0.15) is 13.2 Å². The molecule has 0 radical (unpaired) electrons. The van der Waals surface area contributed by atoms with E-state index >= 15 is 0 Å². The third kappa shape index (κ3) is 2.59. The van der Waals surface area contributed by atoms with Gasteiger partial charge in [-0.3, -0.25) is 0 Å². The second kappa shape index (κ2) is 4.42. The van der Waals surface area contributed by atoms with Gasteiger partial charge in [-0.1, -0.05) is 6.07 Å². The van der Waals surface area contributed by atoms with Gasteiger partial charge in [-0.25, -0.2) is 0 Å². The molecular formula is C12H11F3N4. The molecule has 7 heteroatoms. The van der Waals surface area contributed by atoms with Gasteiger partial charge in [0, 0.05) is 11.3 Å². The minimum absolute atomic E-state index is 0.00278.